The zero-order valence-electron chi connectivity index (χ0n) is 13.8. The predicted octanol–water partition coefficient (Wildman–Crippen LogP) is 3.67. The Bertz CT molecular complexity index is 971. The molecular formula is C16H11Cl2F3N2O4. The molecule has 0 N–H and O–H groups in total. The van der Waals surface area contributed by atoms with Crippen molar-refractivity contribution >= 4 is 35.2 Å². The third-order valence-electron chi connectivity index (χ3n) is 3.26. The summed E-state index contributed by atoms with van der Waals surface area (Å²) < 4.78 is 48.6. The summed E-state index contributed by atoms with van der Waals surface area (Å²) in [6, 6.07) is 3.82. The van der Waals surface area contributed by atoms with Gasteiger partial charge < -0.3 is 9.47 Å². The van der Waals surface area contributed by atoms with Crippen LogP contribution in [-0.2, 0) is 15.7 Å². The van der Waals surface area contributed by atoms with E-state index in [1.807, 2.05) is 0 Å². The highest BCUT2D eigenvalue weighted by Gasteiger charge is 2.34. The molecule has 0 aliphatic heterocycles. The van der Waals surface area contributed by atoms with Crippen LogP contribution < -0.4 is 10.3 Å². The highest BCUT2D eigenvalue weighted by molar-refractivity contribution is 6.43. The number of ether oxygens (including phenoxy) is 2. The summed E-state index contributed by atoms with van der Waals surface area (Å²) in [5.41, 5.74) is -2.09. The van der Waals surface area contributed by atoms with E-state index >= 15 is 0 Å². The predicted molar refractivity (Wildman–Crippen MR) is 92.2 cm³/mol. The largest absolute Gasteiger partial charge is 0.468 e. The fraction of sp³-hybridized carbons (Fsp3) is 0.188. The molecule has 6 nitrogen and oxygen atoms in total. The van der Waals surface area contributed by atoms with Crippen LogP contribution in [0.3, 0.4) is 0 Å². The van der Waals surface area contributed by atoms with Crippen molar-refractivity contribution in [3.8, 4) is 11.7 Å². The number of carbonyl (C=O) groups is 1. The highest BCUT2D eigenvalue weighted by Crippen LogP contribution is 2.29. The van der Waals surface area contributed by atoms with Crippen molar-refractivity contribution in [3.63, 3.8) is 0 Å². The smallest absolute Gasteiger partial charge is 0.433 e. The van der Waals surface area contributed by atoms with Gasteiger partial charge in [-0.1, -0.05) is 23.2 Å². The Hall–Kier alpha value is -2.52. The number of methoxy groups -OCH3 is 2. The average molecular weight is 423 g/mol. The second kappa shape index (κ2) is 8.01. The van der Waals surface area contributed by atoms with Crippen LogP contribution in [0.25, 0.3) is 11.8 Å². The molecule has 0 unspecified atom stereocenters. The van der Waals surface area contributed by atoms with E-state index in [0.29, 0.717) is 6.07 Å². The first-order valence-electron chi connectivity index (χ1n) is 7.09. The first kappa shape index (κ1) is 20.8. The van der Waals surface area contributed by atoms with Crippen molar-refractivity contribution in [2.24, 2.45) is 0 Å². The molecule has 27 heavy (non-hydrogen) atoms. The lowest BCUT2D eigenvalue weighted by atomic mass is 10.1. The van der Waals surface area contributed by atoms with Gasteiger partial charge in [-0.3, -0.25) is 4.79 Å². The lowest BCUT2D eigenvalue weighted by Crippen LogP contribution is -2.24. The summed E-state index contributed by atoms with van der Waals surface area (Å²) >= 11 is 11.8. The molecular weight excluding hydrogens is 412 g/mol. The van der Waals surface area contributed by atoms with Crippen molar-refractivity contribution in [3.05, 3.63) is 55.9 Å². The van der Waals surface area contributed by atoms with E-state index in [2.05, 4.69) is 9.72 Å². The number of alkyl halides is 3. The van der Waals surface area contributed by atoms with Crippen LogP contribution >= 0.6 is 23.2 Å². The third-order valence-corrected chi connectivity index (χ3v) is 3.87. The van der Waals surface area contributed by atoms with Crippen molar-refractivity contribution in [1.29, 1.82) is 0 Å². The van der Waals surface area contributed by atoms with Gasteiger partial charge in [-0.2, -0.15) is 18.2 Å². The number of carbonyl (C=O) groups excluding carboxylic acids is 1. The number of rotatable bonds is 4. The Balaban J connectivity index is 2.65. The molecule has 1 aromatic carbocycles. The van der Waals surface area contributed by atoms with Gasteiger partial charge in [0.2, 0.25) is 0 Å². The number of aromatic nitrogens is 2. The van der Waals surface area contributed by atoms with Crippen LogP contribution in [0.5, 0.6) is 6.01 Å². The van der Waals surface area contributed by atoms with Crippen LogP contribution in [0.2, 0.25) is 5.02 Å². The fourth-order valence-corrected chi connectivity index (χ4v) is 2.42. The van der Waals surface area contributed by atoms with Crippen molar-refractivity contribution in [2.75, 3.05) is 14.2 Å². The number of esters is 1. The van der Waals surface area contributed by atoms with Gasteiger partial charge in [-0.15, -0.1) is 0 Å². The van der Waals surface area contributed by atoms with E-state index in [1.54, 1.807) is 0 Å². The molecule has 0 saturated carbocycles. The lowest BCUT2D eigenvalue weighted by Gasteiger charge is -2.14. The van der Waals surface area contributed by atoms with Gasteiger partial charge in [0, 0.05) is 11.1 Å². The summed E-state index contributed by atoms with van der Waals surface area (Å²) in [7, 11) is 2.21. The van der Waals surface area contributed by atoms with Gasteiger partial charge in [-0.25, -0.2) is 9.36 Å². The standard InChI is InChI=1S/C16H11Cl2F3N2O4/c1-26-14(25)11(18)6-8-5-9(3-4-10(8)17)23-13(24)7-12(16(19,20)21)22-15(23)27-2/h3-7H,1-2H3. The summed E-state index contributed by atoms with van der Waals surface area (Å²) in [6.45, 7) is 0. The Kier molecular flexibility index (Phi) is 6.17. The summed E-state index contributed by atoms with van der Waals surface area (Å²) in [5.74, 6) is -0.816. The second-order valence-electron chi connectivity index (χ2n) is 4.99. The minimum atomic E-state index is -4.81. The Labute approximate surface area is 160 Å². The van der Waals surface area contributed by atoms with E-state index < -0.39 is 29.4 Å². The minimum absolute atomic E-state index is 0.100. The van der Waals surface area contributed by atoms with Crippen LogP contribution in [-0.4, -0.2) is 29.7 Å². The zero-order valence-corrected chi connectivity index (χ0v) is 15.3. The van der Waals surface area contributed by atoms with Crippen LogP contribution in [0, 0.1) is 0 Å². The molecule has 0 spiro atoms. The zero-order chi connectivity index (χ0) is 20.4. The van der Waals surface area contributed by atoms with Gasteiger partial charge in [0.25, 0.3) is 5.56 Å². The third kappa shape index (κ3) is 4.61. The number of benzene rings is 1. The quantitative estimate of drug-likeness (QED) is 0.555. The SMILES string of the molecule is COC(=O)C(Cl)=Cc1cc(-n2c(OC)nc(C(F)(F)F)cc2=O)ccc1Cl. The second-order valence-corrected chi connectivity index (χ2v) is 5.80. The Morgan fingerprint density at radius 1 is 1.26 bits per heavy atom. The van der Waals surface area contributed by atoms with E-state index in [4.69, 9.17) is 27.9 Å². The molecule has 11 heteroatoms. The molecule has 2 aromatic rings. The number of hydrogen-bond donors (Lipinski definition) is 0. The number of halogens is 5. The molecule has 2 rings (SSSR count). The van der Waals surface area contributed by atoms with Crippen LogP contribution in [0.15, 0.2) is 34.1 Å². The molecule has 0 radical (unpaired) electrons. The molecule has 0 fully saturated rings. The molecule has 0 aliphatic rings. The van der Waals surface area contributed by atoms with Crippen LogP contribution in [0.1, 0.15) is 11.3 Å². The monoisotopic (exact) mass is 422 g/mol. The number of nitrogens with zero attached hydrogens (tertiary/aromatic N) is 2. The molecule has 0 saturated heterocycles. The van der Waals surface area contributed by atoms with Crippen molar-refractivity contribution < 1.29 is 27.4 Å². The molecule has 144 valence electrons. The average Bonchev–Trinajstić information content (AvgIpc) is 2.61. The summed E-state index contributed by atoms with van der Waals surface area (Å²) in [5, 5.41) is -0.117. The van der Waals surface area contributed by atoms with Gasteiger partial charge >= 0.3 is 18.2 Å². The van der Waals surface area contributed by atoms with Crippen molar-refractivity contribution in [2.45, 2.75) is 6.18 Å². The normalized spacial score (nSPS) is 12.0. The highest BCUT2D eigenvalue weighted by atomic mass is 35.5. The minimum Gasteiger partial charge on any atom is -0.468 e. The van der Waals surface area contributed by atoms with E-state index in [1.165, 1.54) is 24.3 Å². The molecule has 1 aromatic heterocycles. The molecule has 0 aliphatic carbocycles. The van der Waals surface area contributed by atoms with E-state index in [0.717, 1.165) is 18.8 Å². The topological polar surface area (TPSA) is 70.4 Å². The van der Waals surface area contributed by atoms with E-state index in [9.17, 15) is 22.8 Å². The maximum absolute atomic E-state index is 12.8. The van der Waals surface area contributed by atoms with Gasteiger partial charge in [0.15, 0.2) is 5.69 Å². The Morgan fingerprint density at radius 3 is 2.48 bits per heavy atom. The van der Waals surface area contributed by atoms with E-state index in [-0.39, 0.29) is 21.3 Å². The Morgan fingerprint density at radius 2 is 1.93 bits per heavy atom. The molecule has 0 atom stereocenters. The van der Waals surface area contributed by atoms with Gasteiger partial charge in [-0.05, 0) is 29.8 Å². The van der Waals surface area contributed by atoms with Gasteiger partial charge in [0.05, 0.1) is 19.9 Å². The number of hydrogen-bond acceptors (Lipinski definition) is 5. The first-order chi connectivity index (χ1) is 12.6. The van der Waals surface area contributed by atoms with Gasteiger partial charge in [0.1, 0.15) is 5.03 Å². The first-order valence-corrected chi connectivity index (χ1v) is 7.84. The maximum atomic E-state index is 12.8. The molecule has 1 heterocycles. The fourth-order valence-electron chi connectivity index (χ4n) is 2.05. The summed E-state index contributed by atoms with van der Waals surface area (Å²) in [6.07, 6.45) is -3.62. The van der Waals surface area contributed by atoms with Crippen molar-refractivity contribution in [1.82, 2.24) is 9.55 Å². The van der Waals surface area contributed by atoms with Crippen LogP contribution in [0.4, 0.5) is 13.2 Å². The molecule has 0 bridgehead atoms. The maximum Gasteiger partial charge on any atom is 0.433 e. The lowest BCUT2D eigenvalue weighted by molar-refractivity contribution is -0.141. The molecule has 0 amide bonds. The summed E-state index contributed by atoms with van der Waals surface area (Å²) in [4.78, 5) is 27.0.